The van der Waals surface area contributed by atoms with Gasteiger partial charge in [0.1, 0.15) is 0 Å². The minimum atomic E-state index is -4.40. The van der Waals surface area contributed by atoms with E-state index in [0.29, 0.717) is 39.7 Å². The zero-order chi connectivity index (χ0) is 37.0. The smallest absolute Gasteiger partial charge is 0.416 e. The number of methoxy groups -OCH3 is 2. The van der Waals surface area contributed by atoms with Crippen LogP contribution in [0.4, 0.5) is 13.2 Å². The fourth-order valence-electron chi connectivity index (χ4n) is 6.02. The summed E-state index contributed by atoms with van der Waals surface area (Å²) in [5.41, 5.74) is 6.29. The molecule has 0 radical (unpaired) electrons. The van der Waals surface area contributed by atoms with E-state index in [4.69, 9.17) is 32.7 Å². The highest BCUT2D eigenvalue weighted by molar-refractivity contribution is 6.31. The number of hydrogen-bond donors (Lipinski definition) is 1. The molecule has 7 aromatic rings. The molecule has 0 aliphatic heterocycles. The Hall–Kier alpha value is -5.51. The molecule has 52 heavy (non-hydrogen) atoms. The van der Waals surface area contributed by atoms with Crippen LogP contribution in [0.1, 0.15) is 48.5 Å². The van der Waals surface area contributed by atoms with Crippen molar-refractivity contribution in [3.63, 3.8) is 0 Å². The number of carbonyl (C=O) groups is 2. The lowest BCUT2D eigenvalue weighted by Crippen LogP contribution is -2.06. The van der Waals surface area contributed by atoms with E-state index in [-0.39, 0.29) is 5.97 Å². The number of hydrogen-bond acceptors (Lipinski definition) is 4. The van der Waals surface area contributed by atoms with Gasteiger partial charge in [-0.05, 0) is 119 Å². The predicted octanol–water partition coefficient (Wildman–Crippen LogP) is 10.9. The molecule has 11 heteroatoms. The third-order valence-electron chi connectivity index (χ3n) is 8.57. The van der Waals surface area contributed by atoms with Crippen LogP contribution in [0, 0.1) is 0 Å². The van der Waals surface area contributed by atoms with Crippen LogP contribution in [-0.2, 0) is 28.5 Å². The SMILES string of the molecule is COC(=O)c1cc(Cl)ccc1Cc1ccc2[nH]ccc2c1.COC(=O)c1cc(Cl)ccc1Cc1ccc2c(ccn2-c2cccc(C(F)(F)F)c2)c1. The van der Waals surface area contributed by atoms with Crippen LogP contribution in [-0.4, -0.2) is 35.7 Å². The number of nitrogens with one attached hydrogen (secondary N) is 1. The normalized spacial score (nSPS) is 11.3. The number of esters is 2. The van der Waals surface area contributed by atoms with Crippen molar-refractivity contribution in [1.82, 2.24) is 9.55 Å². The molecule has 0 fully saturated rings. The Bertz CT molecular complexity index is 2420. The number of nitrogens with zero attached hydrogens (tertiary/aromatic N) is 1. The highest BCUT2D eigenvalue weighted by atomic mass is 35.5. The Kier molecular flexibility index (Phi) is 10.7. The van der Waals surface area contributed by atoms with Gasteiger partial charge in [0.2, 0.25) is 0 Å². The minimum Gasteiger partial charge on any atom is -0.465 e. The summed E-state index contributed by atoms with van der Waals surface area (Å²) in [6, 6.07) is 31.4. The van der Waals surface area contributed by atoms with E-state index in [1.165, 1.54) is 20.3 Å². The Labute approximate surface area is 307 Å². The van der Waals surface area contributed by atoms with Crippen molar-refractivity contribution in [2.45, 2.75) is 19.0 Å². The lowest BCUT2D eigenvalue weighted by Gasteiger charge is -2.11. The number of halogens is 5. The highest BCUT2D eigenvalue weighted by Crippen LogP contribution is 2.32. The van der Waals surface area contributed by atoms with Gasteiger partial charge in [-0.1, -0.05) is 53.5 Å². The average molecular weight is 744 g/mol. The van der Waals surface area contributed by atoms with Crippen LogP contribution in [0.5, 0.6) is 0 Å². The topological polar surface area (TPSA) is 73.3 Å². The number of aromatic nitrogens is 2. The molecule has 6 nitrogen and oxygen atoms in total. The summed E-state index contributed by atoms with van der Waals surface area (Å²) in [6.45, 7) is 0. The monoisotopic (exact) mass is 742 g/mol. The van der Waals surface area contributed by atoms with Crippen LogP contribution < -0.4 is 0 Å². The van der Waals surface area contributed by atoms with E-state index in [1.54, 1.807) is 47.2 Å². The van der Waals surface area contributed by atoms with Gasteiger partial charge in [-0.15, -0.1) is 0 Å². The average Bonchev–Trinajstić information content (AvgIpc) is 3.79. The molecule has 0 bridgehead atoms. The van der Waals surface area contributed by atoms with Gasteiger partial charge in [-0.2, -0.15) is 13.2 Å². The summed E-state index contributed by atoms with van der Waals surface area (Å²) in [5.74, 6) is -0.829. The van der Waals surface area contributed by atoms with Gasteiger partial charge in [0.25, 0.3) is 0 Å². The molecule has 7 rings (SSSR count). The largest absolute Gasteiger partial charge is 0.465 e. The van der Waals surface area contributed by atoms with Gasteiger partial charge in [-0.3, -0.25) is 0 Å². The first-order chi connectivity index (χ1) is 24.9. The quantitative estimate of drug-likeness (QED) is 0.165. The van der Waals surface area contributed by atoms with Crippen LogP contribution in [0.2, 0.25) is 10.0 Å². The number of fused-ring (bicyclic) bond motifs is 2. The van der Waals surface area contributed by atoms with Gasteiger partial charge < -0.3 is 19.0 Å². The zero-order valence-electron chi connectivity index (χ0n) is 27.9. The summed E-state index contributed by atoms with van der Waals surface area (Å²) in [5, 5.41) is 3.00. The summed E-state index contributed by atoms with van der Waals surface area (Å²) >= 11 is 12.0. The van der Waals surface area contributed by atoms with Gasteiger partial charge in [0, 0.05) is 39.0 Å². The first-order valence-electron chi connectivity index (χ1n) is 16.0. The summed E-state index contributed by atoms with van der Waals surface area (Å²) < 4.78 is 50.6. The van der Waals surface area contributed by atoms with Crippen LogP contribution in [0.25, 0.3) is 27.5 Å². The van der Waals surface area contributed by atoms with Gasteiger partial charge in [0.15, 0.2) is 0 Å². The number of alkyl halides is 3. The first kappa shape index (κ1) is 36.3. The Morgan fingerprint density at radius 3 is 1.88 bits per heavy atom. The second-order valence-electron chi connectivity index (χ2n) is 12.0. The van der Waals surface area contributed by atoms with Gasteiger partial charge >= 0.3 is 18.1 Å². The van der Waals surface area contributed by atoms with E-state index >= 15 is 0 Å². The minimum absolute atomic E-state index is 0.366. The molecular formula is C41H31Cl2F3N2O4. The third kappa shape index (κ3) is 8.17. The second-order valence-corrected chi connectivity index (χ2v) is 12.8. The molecule has 0 spiro atoms. The predicted molar refractivity (Wildman–Crippen MR) is 198 cm³/mol. The molecule has 0 amide bonds. The summed E-state index contributed by atoms with van der Waals surface area (Å²) in [4.78, 5) is 27.1. The maximum Gasteiger partial charge on any atom is 0.416 e. The molecule has 0 atom stereocenters. The lowest BCUT2D eigenvalue weighted by molar-refractivity contribution is -0.137. The molecule has 2 aromatic heterocycles. The van der Waals surface area contributed by atoms with Gasteiger partial charge in [-0.25, -0.2) is 9.59 Å². The van der Waals surface area contributed by atoms with E-state index in [1.807, 2.05) is 48.7 Å². The molecular weight excluding hydrogens is 712 g/mol. The molecule has 0 saturated carbocycles. The number of ether oxygens (including phenoxy) is 2. The maximum atomic E-state index is 13.1. The Morgan fingerprint density at radius 2 is 1.29 bits per heavy atom. The van der Waals surface area contributed by atoms with Crippen LogP contribution >= 0.6 is 23.2 Å². The van der Waals surface area contributed by atoms with Gasteiger partial charge in [0.05, 0.1) is 36.4 Å². The van der Waals surface area contributed by atoms with Crippen molar-refractivity contribution in [3.05, 3.63) is 171 Å². The molecule has 0 saturated heterocycles. The molecule has 5 aromatic carbocycles. The summed E-state index contributed by atoms with van der Waals surface area (Å²) in [7, 11) is 2.69. The van der Waals surface area contributed by atoms with Crippen molar-refractivity contribution in [1.29, 1.82) is 0 Å². The standard InChI is InChI=1S/C24H17ClF3NO2.C17H14ClNO2/c1-31-23(30)21-14-19(25)7-6-16(21)11-15-5-8-22-17(12-15)9-10-29(22)20-4-2-3-18(13-20)24(26,27)28;1-21-17(20)15-10-14(18)4-3-12(15)8-11-2-5-16-13(9-11)6-7-19-16/h2-10,12-14H,11H2,1H3;2-7,9-10,19H,8H2,1H3. The molecule has 2 heterocycles. The molecule has 0 aliphatic rings. The molecule has 1 N–H and O–H groups in total. The highest BCUT2D eigenvalue weighted by Gasteiger charge is 2.30. The Balaban J connectivity index is 0.000000192. The number of H-pyrrole nitrogens is 1. The van der Waals surface area contributed by atoms with E-state index in [9.17, 15) is 22.8 Å². The second kappa shape index (κ2) is 15.4. The fourth-order valence-corrected chi connectivity index (χ4v) is 6.36. The number of carbonyl (C=O) groups excluding carboxylic acids is 2. The molecule has 0 unspecified atom stereocenters. The lowest BCUT2D eigenvalue weighted by atomic mass is 9.99. The van der Waals surface area contributed by atoms with Crippen LogP contribution in [0.15, 0.2) is 122 Å². The van der Waals surface area contributed by atoms with Crippen molar-refractivity contribution >= 4 is 56.9 Å². The molecule has 0 aliphatic carbocycles. The number of aromatic amines is 1. The summed E-state index contributed by atoms with van der Waals surface area (Å²) in [6.07, 6.45) is 0.389. The number of benzene rings is 5. The van der Waals surface area contributed by atoms with Crippen molar-refractivity contribution in [2.24, 2.45) is 0 Å². The third-order valence-corrected chi connectivity index (χ3v) is 9.04. The first-order valence-corrected chi connectivity index (χ1v) is 16.8. The molecule has 264 valence electrons. The zero-order valence-corrected chi connectivity index (χ0v) is 29.4. The Morgan fingerprint density at radius 1 is 0.692 bits per heavy atom. The fraction of sp³-hybridized carbons (Fsp3) is 0.122. The number of rotatable bonds is 7. The van der Waals surface area contributed by atoms with E-state index in [0.717, 1.165) is 56.2 Å². The van der Waals surface area contributed by atoms with Crippen molar-refractivity contribution in [3.8, 4) is 5.69 Å². The van der Waals surface area contributed by atoms with Crippen LogP contribution in [0.3, 0.4) is 0 Å². The van der Waals surface area contributed by atoms with E-state index in [2.05, 4.69) is 17.1 Å². The van der Waals surface area contributed by atoms with Crippen molar-refractivity contribution in [2.75, 3.05) is 14.2 Å². The van der Waals surface area contributed by atoms with Crippen molar-refractivity contribution < 1.29 is 32.2 Å². The van der Waals surface area contributed by atoms with E-state index < -0.39 is 17.7 Å². The maximum absolute atomic E-state index is 13.1.